The third kappa shape index (κ3) is 4.82. The van der Waals surface area contributed by atoms with Crippen molar-refractivity contribution in [1.29, 1.82) is 0 Å². The van der Waals surface area contributed by atoms with Crippen LogP contribution in [0.25, 0.3) is 0 Å². The Balaban J connectivity index is 2.34. The predicted octanol–water partition coefficient (Wildman–Crippen LogP) is 1.00. The second kappa shape index (κ2) is 7.26. The molecule has 0 aliphatic rings. The molecule has 0 unspecified atom stereocenters. The van der Waals surface area contributed by atoms with Crippen LogP contribution < -0.4 is 10.6 Å². The van der Waals surface area contributed by atoms with Gasteiger partial charge in [-0.15, -0.1) is 0 Å². The van der Waals surface area contributed by atoms with E-state index in [0.29, 0.717) is 6.61 Å². The first-order valence-corrected chi connectivity index (χ1v) is 5.73. The SMILES string of the molecule is CCOC(=O)CNC(=O)N[C@@H](C)c1ccncc1. The van der Waals surface area contributed by atoms with E-state index in [1.165, 1.54) is 0 Å². The highest BCUT2D eigenvalue weighted by molar-refractivity contribution is 5.80. The smallest absolute Gasteiger partial charge is 0.325 e. The Morgan fingerprint density at radius 2 is 2.06 bits per heavy atom. The molecule has 0 fully saturated rings. The lowest BCUT2D eigenvalue weighted by molar-refractivity contribution is -0.141. The van der Waals surface area contributed by atoms with Crippen LogP contribution in [0.1, 0.15) is 25.5 Å². The largest absolute Gasteiger partial charge is 0.465 e. The number of nitrogens with zero attached hydrogens (tertiary/aromatic N) is 1. The monoisotopic (exact) mass is 251 g/mol. The molecule has 0 aliphatic heterocycles. The van der Waals surface area contributed by atoms with Gasteiger partial charge < -0.3 is 15.4 Å². The fourth-order valence-corrected chi connectivity index (χ4v) is 1.35. The van der Waals surface area contributed by atoms with Crippen LogP contribution in [-0.4, -0.2) is 30.1 Å². The number of urea groups is 1. The predicted molar refractivity (Wildman–Crippen MR) is 65.8 cm³/mol. The second-order valence-corrected chi connectivity index (χ2v) is 3.63. The highest BCUT2D eigenvalue weighted by atomic mass is 16.5. The van der Waals surface area contributed by atoms with Crippen molar-refractivity contribution in [3.05, 3.63) is 30.1 Å². The molecule has 0 spiro atoms. The molecule has 0 aromatic carbocycles. The molecular formula is C12H17N3O3. The van der Waals surface area contributed by atoms with Crippen molar-refractivity contribution in [2.75, 3.05) is 13.2 Å². The highest BCUT2D eigenvalue weighted by Gasteiger charge is 2.10. The van der Waals surface area contributed by atoms with E-state index in [2.05, 4.69) is 15.6 Å². The zero-order valence-electron chi connectivity index (χ0n) is 10.5. The Bertz CT molecular complexity index is 395. The topological polar surface area (TPSA) is 80.3 Å². The van der Waals surface area contributed by atoms with Gasteiger partial charge in [0.25, 0.3) is 0 Å². The number of carbonyl (C=O) groups is 2. The van der Waals surface area contributed by atoms with Crippen molar-refractivity contribution >= 4 is 12.0 Å². The van der Waals surface area contributed by atoms with Crippen LogP contribution >= 0.6 is 0 Å². The number of ether oxygens (including phenoxy) is 1. The van der Waals surface area contributed by atoms with Gasteiger partial charge >= 0.3 is 12.0 Å². The molecule has 1 atom stereocenters. The summed E-state index contributed by atoms with van der Waals surface area (Å²) in [6.07, 6.45) is 3.31. The molecule has 0 saturated heterocycles. The number of pyridine rings is 1. The van der Waals surface area contributed by atoms with Gasteiger partial charge in [0.1, 0.15) is 6.54 Å². The van der Waals surface area contributed by atoms with Gasteiger partial charge in [0.15, 0.2) is 0 Å². The van der Waals surface area contributed by atoms with Crippen LogP contribution in [0.4, 0.5) is 4.79 Å². The number of amides is 2. The maximum Gasteiger partial charge on any atom is 0.325 e. The summed E-state index contributed by atoms with van der Waals surface area (Å²) in [5, 5.41) is 5.14. The Morgan fingerprint density at radius 3 is 2.67 bits per heavy atom. The molecule has 6 heteroatoms. The summed E-state index contributed by atoms with van der Waals surface area (Å²) in [5.74, 6) is -0.454. The van der Waals surface area contributed by atoms with Crippen molar-refractivity contribution in [3.63, 3.8) is 0 Å². The Morgan fingerprint density at radius 1 is 1.39 bits per heavy atom. The van der Waals surface area contributed by atoms with Crippen molar-refractivity contribution in [2.24, 2.45) is 0 Å². The summed E-state index contributed by atoms with van der Waals surface area (Å²) in [6.45, 7) is 3.72. The van der Waals surface area contributed by atoms with E-state index in [1.54, 1.807) is 19.3 Å². The van der Waals surface area contributed by atoms with Crippen molar-refractivity contribution in [3.8, 4) is 0 Å². The molecule has 1 rings (SSSR count). The van der Waals surface area contributed by atoms with Gasteiger partial charge in [-0.3, -0.25) is 9.78 Å². The molecule has 2 N–H and O–H groups in total. The molecule has 0 saturated carbocycles. The average molecular weight is 251 g/mol. The third-order valence-electron chi connectivity index (χ3n) is 2.25. The van der Waals surface area contributed by atoms with Crippen LogP contribution in [0.3, 0.4) is 0 Å². The van der Waals surface area contributed by atoms with E-state index in [1.807, 2.05) is 19.1 Å². The number of esters is 1. The van der Waals surface area contributed by atoms with E-state index in [9.17, 15) is 9.59 Å². The Hall–Kier alpha value is -2.11. The third-order valence-corrected chi connectivity index (χ3v) is 2.25. The van der Waals surface area contributed by atoms with Crippen molar-refractivity contribution in [2.45, 2.75) is 19.9 Å². The number of rotatable bonds is 5. The Labute approximate surface area is 106 Å². The average Bonchev–Trinajstić information content (AvgIpc) is 2.38. The molecule has 0 bridgehead atoms. The first-order chi connectivity index (χ1) is 8.63. The first-order valence-electron chi connectivity index (χ1n) is 5.73. The highest BCUT2D eigenvalue weighted by Crippen LogP contribution is 2.09. The van der Waals surface area contributed by atoms with E-state index in [-0.39, 0.29) is 12.6 Å². The molecule has 0 radical (unpaired) electrons. The van der Waals surface area contributed by atoms with E-state index in [4.69, 9.17) is 4.74 Å². The normalized spacial score (nSPS) is 11.4. The molecule has 1 aromatic heterocycles. The number of nitrogens with one attached hydrogen (secondary N) is 2. The lowest BCUT2D eigenvalue weighted by Crippen LogP contribution is -2.40. The van der Waals surface area contributed by atoms with Crippen LogP contribution in [0.15, 0.2) is 24.5 Å². The van der Waals surface area contributed by atoms with Gasteiger partial charge in [0.2, 0.25) is 0 Å². The van der Waals surface area contributed by atoms with Gasteiger partial charge in [0, 0.05) is 12.4 Å². The zero-order valence-corrected chi connectivity index (χ0v) is 10.5. The maximum atomic E-state index is 11.5. The minimum absolute atomic E-state index is 0.136. The van der Waals surface area contributed by atoms with Crippen LogP contribution in [0.5, 0.6) is 0 Å². The fraction of sp³-hybridized carbons (Fsp3) is 0.417. The number of carbonyl (C=O) groups excluding carboxylic acids is 2. The lowest BCUT2D eigenvalue weighted by atomic mass is 10.1. The summed E-state index contributed by atoms with van der Waals surface area (Å²) < 4.78 is 4.69. The molecule has 2 amide bonds. The first kappa shape index (κ1) is 14.0. The molecule has 1 aromatic rings. The summed E-state index contributed by atoms with van der Waals surface area (Å²) >= 11 is 0. The second-order valence-electron chi connectivity index (χ2n) is 3.63. The van der Waals surface area contributed by atoms with Crippen molar-refractivity contribution in [1.82, 2.24) is 15.6 Å². The summed E-state index contributed by atoms with van der Waals surface area (Å²) in [5.41, 5.74) is 0.941. The lowest BCUT2D eigenvalue weighted by Gasteiger charge is -2.14. The standard InChI is InChI=1S/C12H17N3O3/c1-3-18-11(16)8-14-12(17)15-9(2)10-4-6-13-7-5-10/h4-7,9H,3,8H2,1-2H3,(H2,14,15,17)/t9-/m0/s1. The van der Waals surface area contributed by atoms with Gasteiger partial charge in [0.05, 0.1) is 12.6 Å². The molecular weight excluding hydrogens is 234 g/mol. The van der Waals surface area contributed by atoms with Gasteiger partial charge in [-0.05, 0) is 31.5 Å². The molecule has 6 nitrogen and oxygen atoms in total. The molecule has 0 aliphatic carbocycles. The molecule has 1 heterocycles. The van der Waals surface area contributed by atoms with Gasteiger partial charge in [-0.1, -0.05) is 0 Å². The van der Waals surface area contributed by atoms with Crippen molar-refractivity contribution < 1.29 is 14.3 Å². The minimum atomic E-state index is -0.454. The Kier molecular flexibility index (Phi) is 5.63. The summed E-state index contributed by atoms with van der Waals surface area (Å²) in [4.78, 5) is 26.4. The quantitative estimate of drug-likeness (QED) is 0.765. The van der Waals surface area contributed by atoms with Crippen LogP contribution in [0.2, 0.25) is 0 Å². The zero-order chi connectivity index (χ0) is 13.4. The fourth-order valence-electron chi connectivity index (χ4n) is 1.35. The van der Waals surface area contributed by atoms with Crippen LogP contribution in [-0.2, 0) is 9.53 Å². The van der Waals surface area contributed by atoms with E-state index >= 15 is 0 Å². The molecule has 18 heavy (non-hydrogen) atoms. The number of aromatic nitrogens is 1. The van der Waals surface area contributed by atoms with Gasteiger partial charge in [-0.25, -0.2) is 4.79 Å². The maximum absolute atomic E-state index is 11.5. The van der Waals surface area contributed by atoms with Crippen LogP contribution in [0, 0.1) is 0 Å². The number of hydrogen-bond acceptors (Lipinski definition) is 4. The summed E-state index contributed by atoms with van der Waals surface area (Å²) in [7, 11) is 0. The minimum Gasteiger partial charge on any atom is -0.465 e. The van der Waals surface area contributed by atoms with E-state index in [0.717, 1.165) is 5.56 Å². The number of hydrogen-bond donors (Lipinski definition) is 2. The van der Waals surface area contributed by atoms with Gasteiger partial charge in [-0.2, -0.15) is 0 Å². The van der Waals surface area contributed by atoms with E-state index < -0.39 is 12.0 Å². The molecule has 98 valence electrons. The summed E-state index contributed by atoms with van der Waals surface area (Å²) in [6, 6.07) is 3.06.